The fourth-order valence-corrected chi connectivity index (χ4v) is 4.07. The van der Waals surface area contributed by atoms with Crippen LogP contribution in [0.25, 0.3) is 10.9 Å². The van der Waals surface area contributed by atoms with E-state index in [1.807, 2.05) is 25.1 Å². The van der Waals surface area contributed by atoms with Crippen LogP contribution in [0.4, 0.5) is 10.1 Å². The highest BCUT2D eigenvalue weighted by molar-refractivity contribution is 6.31. The number of aromatic nitrogens is 2. The van der Waals surface area contributed by atoms with E-state index >= 15 is 0 Å². The van der Waals surface area contributed by atoms with Crippen LogP contribution in [-0.4, -0.2) is 22.8 Å². The first-order valence-corrected chi connectivity index (χ1v) is 9.68. The fourth-order valence-electron chi connectivity index (χ4n) is 3.89. The summed E-state index contributed by atoms with van der Waals surface area (Å²) in [7, 11) is 0. The number of hydrogen-bond acceptors (Lipinski definition) is 4. The summed E-state index contributed by atoms with van der Waals surface area (Å²) in [5.41, 5.74) is 1.89. The van der Waals surface area contributed by atoms with E-state index in [1.54, 1.807) is 10.6 Å². The predicted molar refractivity (Wildman–Crippen MR) is 107 cm³/mol. The van der Waals surface area contributed by atoms with Gasteiger partial charge in [0, 0.05) is 16.8 Å². The number of nitrogens with zero attached hydrogens (tertiary/aromatic N) is 2. The molecule has 0 unspecified atom stereocenters. The molecule has 7 heteroatoms. The van der Waals surface area contributed by atoms with Crippen molar-refractivity contribution in [2.75, 3.05) is 18.5 Å². The number of halogens is 2. The maximum Gasteiger partial charge on any atom is 0.261 e. The van der Waals surface area contributed by atoms with Crippen molar-refractivity contribution in [3.8, 4) is 0 Å². The van der Waals surface area contributed by atoms with Crippen molar-refractivity contribution in [1.82, 2.24) is 9.55 Å². The third kappa shape index (κ3) is 2.71. The van der Waals surface area contributed by atoms with Crippen LogP contribution >= 0.6 is 11.6 Å². The van der Waals surface area contributed by atoms with Gasteiger partial charge in [-0.2, -0.15) is 0 Å². The van der Waals surface area contributed by atoms with Gasteiger partial charge in [0.15, 0.2) is 5.82 Å². The Hall–Kier alpha value is -2.44. The van der Waals surface area contributed by atoms with Crippen molar-refractivity contribution in [3.05, 3.63) is 69.0 Å². The number of ether oxygens (including phenoxy) is 1. The molecule has 2 aliphatic rings. The van der Waals surface area contributed by atoms with Crippen molar-refractivity contribution < 1.29 is 9.13 Å². The van der Waals surface area contributed by atoms with Crippen LogP contribution in [0.5, 0.6) is 0 Å². The molecule has 2 aromatic carbocycles. The second-order valence-corrected chi connectivity index (χ2v) is 8.06. The van der Waals surface area contributed by atoms with Crippen molar-refractivity contribution in [2.45, 2.75) is 31.3 Å². The minimum absolute atomic E-state index is 0.102. The molecule has 144 valence electrons. The highest BCUT2D eigenvalue weighted by Gasteiger charge is 2.42. The van der Waals surface area contributed by atoms with Crippen LogP contribution in [0.1, 0.15) is 30.0 Å². The van der Waals surface area contributed by atoms with Crippen LogP contribution in [0.3, 0.4) is 0 Å². The molecule has 0 amide bonds. The van der Waals surface area contributed by atoms with Crippen LogP contribution < -0.4 is 10.9 Å². The first-order chi connectivity index (χ1) is 13.5. The lowest BCUT2D eigenvalue weighted by molar-refractivity contribution is -0.0449. The number of benzene rings is 2. The van der Waals surface area contributed by atoms with Gasteiger partial charge in [-0.05, 0) is 49.1 Å². The fraction of sp³-hybridized carbons (Fsp3) is 0.333. The summed E-state index contributed by atoms with van der Waals surface area (Å²) >= 11 is 6.30. The summed E-state index contributed by atoms with van der Waals surface area (Å²) < 4.78 is 21.8. The standard InChI is InChI=1S/C21H19ClFN3O2/c1-12-16(3-2-4-17(12)22)21(9-28-10-21)25-13-7-15-19(18(23)8-13)24-11-26(20(15)27)14-5-6-14/h2-4,7-8,11,14,25H,5-6,9-10H2,1H3. The molecular formula is C21H19ClFN3O2. The summed E-state index contributed by atoms with van der Waals surface area (Å²) in [6.45, 7) is 2.83. The summed E-state index contributed by atoms with van der Waals surface area (Å²) in [6.07, 6.45) is 3.37. The average Bonchev–Trinajstić information content (AvgIpc) is 3.47. The van der Waals surface area contributed by atoms with E-state index in [1.165, 1.54) is 12.4 Å². The molecule has 2 heterocycles. The van der Waals surface area contributed by atoms with Gasteiger partial charge in [-0.1, -0.05) is 23.7 Å². The molecule has 1 saturated carbocycles. The van der Waals surface area contributed by atoms with Gasteiger partial charge in [-0.25, -0.2) is 9.37 Å². The molecule has 1 saturated heterocycles. The Kier molecular flexibility index (Phi) is 3.96. The zero-order valence-electron chi connectivity index (χ0n) is 15.3. The van der Waals surface area contributed by atoms with Gasteiger partial charge in [0.2, 0.25) is 0 Å². The molecule has 0 radical (unpaired) electrons. The highest BCUT2D eigenvalue weighted by atomic mass is 35.5. The number of hydrogen-bond donors (Lipinski definition) is 1. The van der Waals surface area contributed by atoms with Crippen molar-refractivity contribution in [3.63, 3.8) is 0 Å². The molecule has 5 rings (SSSR count). The monoisotopic (exact) mass is 399 g/mol. The molecule has 0 bridgehead atoms. The van der Waals surface area contributed by atoms with E-state index in [-0.39, 0.29) is 22.5 Å². The lowest BCUT2D eigenvalue weighted by Gasteiger charge is -2.44. The highest BCUT2D eigenvalue weighted by Crippen LogP contribution is 2.38. The molecule has 1 aliphatic carbocycles. The molecule has 28 heavy (non-hydrogen) atoms. The number of rotatable bonds is 4. The van der Waals surface area contributed by atoms with Crippen molar-refractivity contribution in [1.29, 1.82) is 0 Å². The van der Waals surface area contributed by atoms with E-state index in [9.17, 15) is 9.18 Å². The van der Waals surface area contributed by atoms with E-state index in [2.05, 4.69) is 10.3 Å². The molecule has 3 aromatic rings. The third-order valence-corrected chi connectivity index (χ3v) is 6.05. The summed E-state index contributed by atoms with van der Waals surface area (Å²) in [5.74, 6) is -0.516. The Morgan fingerprint density at radius 1 is 1.32 bits per heavy atom. The first kappa shape index (κ1) is 17.6. The maximum atomic E-state index is 14.7. The normalized spacial score (nSPS) is 18.1. The molecule has 0 atom stereocenters. The average molecular weight is 400 g/mol. The Bertz CT molecular complexity index is 1150. The lowest BCUT2D eigenvalue weighted by Crippen LogP contribution is -2.53. The van der Waals surface area contributed by atoms with Gasteiger partial charge < -0.3 is 10.1 Å². The Balaban J connectivity index is 1.60. The second kappa shape index (κ2) is 6.29. The summed E-state index contributed by atoms with van der Waals surface area (Å²) in [6, 6.07) is 8.99. The van der Waals surface area contributed by atoms with E-state index in [0.29, 0.717) is 23.9 Å². The molecule has 2 fully saturated rings. The van der Waals surface area contributed by atoms with Crippen LogP contribution in [0.15, 0.2) is 41.5 Å². The molecule has 1 N–H and O–H groups in total. The molecule has 1 aromatic heterocycles. The van der Waals surface area contributed by atoms with Gasteiger partial charge in [-0.15, -0.1) is 0 Å². The SMILES string of the molecule is Cc1c(Cl)cccc1C1(Nc2cc(F)c3ncn(C4CC4)c(=O)c3c2)COC1. The van der Waals surface area contributed by atoms with Crippen LogP contribution in [-0.2, 0) is 10.3 Å². The van der Waals surface area contributed by atoms with Gasteiger partial charge in [0.1, 0.15) is 11.1 Å². The first-order valence-electron chi connectivity index (χ1n) is 9.30. The number of nitrogens with one attached hydrogen (secondary N) is 1. The van der Waals surface area contributed by atoms with Crippen molar-refractivity contribution >= 4 is 28.2 Å². The van der Waals surface area contributed by atoms with E-state index in [4.69, 9.17) is 16.3 Å². The maximum absolute atomic E-state index is 14.7. The Labute approximate surface area is 166 Å². The summed E-state index contributed by atoms with van der Waals surface area (Å²) in [5, 5.41) is 4.36. The largest absolute Gasteiger partial charge is 0.376 e. The molecule has 1 aliphatic heterocycles. The quantitative estimate of drug-likeness (QED) is 0.715. The van der Waals surface area contributed by atoms with Crippen LogP contribution in [0, 0.1) is 12.7 Å². The van der Waals surface area contributed by atoms with Gasteiger partial charge in [0.25, 0.3) is 5.56 Å². The third-order valence-electron chi connectivity index (χ3n) is 5.64. The number of anilines is 1. The zero-order chi connectivity index (χ0) is 19.5. The van der Waals surface area contributed by atoms with E-state index in [0.717, 1.165) is 24.0 Å². The minimum Gasteiger partial charge on any atom is -0.376 e. The van der Waals surface area contributed by atoms with Gasteiger partial charge in [0.05, 0.1) is 24.9 Å². The summed E-state index contributed by atoms with van der Waals surface area (Å²) in [4.78, 5) is 17.0. The van der Waals surface area contributed by atoms with Crippen LogP contribution in [0.2, 0.25) is 5.02 Å². The Morgan fingerprint density at radius 2 is 2.11 bits per heavy atom. The molecule has 0 spiro atoms. The second-order valence-electron chi connectivity index (χ2n) is 7.65. The smallest absolute Gasteiger partial charge is 0.261 e. The minimum atomic E-state index is -0.516. The lowest BCUT2D eigenvalue weighted by atomic mass is 9.84. The topological polar surface area (TPSA) is 56.2 Å². The van der Waals surface area contributed by atoms with Gasteiger partial charge in [-0.3, -0.25) is 9.36 Å². The zero-order valence-corrected chi connectivity index (χ0v) is 16.1. The molecule has 5 nitrogen and oxygen atoms in total. The Morgan fingerprint density at radius 3 is 2.79 bits per heavy atom. The predicted octanol–water partition coefficient (Wildman–Crippen LogP) is 4.17. The van der Waals surface area contributed by atoms with Crippen molar-refractivity contribution in [2.24, 2.45) is 0 Å². The number of fused-ring (bicyclic) bond motifs is 1. The van der Waals surface area contributed by atoms with Gasteiger partial charge >= 0.3 is 0 Å². The van der Waals surface area contributed by atoms with E-state index < -0.39 is 11.4 Å². The molecular weight excluding hydrogens is 381 g/mol.